The standard InChI is InChI=1S/C10H20N2O2.C8H17NO2S.C7H17NO3S.3C3H8/c1-8(2)4-5-12-7-9(6-11-3)14-10(12)13;1-7(2)5-6-9-12(10,11)8-3-4-8;1-7(2)4-5-8-12(9,10)6-11-3;3*1-3-2/h8-9,11H,4-7H2,1-3H3;7-9H,3-6H2,1-2H3;7-8H,4-6H2,1-3H3;3*3H2,1-2H3/t9-;;;;;/m1...../s1. The molecule has 0 aromatic heterocycles. The normalized spacial score (nSPS) is 15.6. The van der Waals surface area contributed by atoms with Gasteiger partial charge < -0.3 is 19.7 Å². The molecule has 3 N–H and O–H groups in total. The molecule has 288 valence electrons. The Kier molecular flexibility index (Phi) is 37.7. The zero-order valence-electron chi connectivity index (χ0n) is 32.9. The Morgan fingerprint density at radius 1 is 0.787 bits per heavy atom. The van der Waals surface area contributed by atoms with E-state index in [4.69, 9.17) is 4.74 Å². The summed E-state index contributed by atoms with van der Waals surface area (Å²) in [5.74, 6) is 1.44. The van der Waals surface area contributed by atoms with Crippen LogP contribution in [0.25, 0.3) is 0 Å². The third-order valence-corrected chi connectivity index (χ3v) is 8.81. The lowest BCUT2D eigenvalue weighted by Crippen LogP contribution is -2.30. The smallest absolute Gasteiger partial charge is 0.410 e. The average molecular weight is 719 g/mol. The molecule has 0 spiro atoms. The van der Waals surface area contributed by atoms with Crippen molar-refractivity contribution >= 4 is 26.1 Å². The fraction of sp³-hybridized carbons (Fsp3) is 0.971. The zero-order valence-corrected chi connectivity index (χ0v) is 34.5. The molecule has 0 unspecified atom stereocenters. The molecule has 0 aromatic carbocycles. The molecule has 1 heterocycles. The van der Waals surface area contributed by atoms with Crippen molar-refractivity contribution in [1.29, 1.82) is 0 Å². The molecule has 2 aliphatic rings. The number of nitrogens with one attached hydrogen (secondary N) is 3. The Balaban J connectivity index is -0.000000262. The van der Waals surface area contributed by atoms with Gasteiger partial charge in [-0.1, -0.05) is 102 Å². The first-order valence-electron chi connectivity index (χ1n) is 17.9. The summed E-state index contributed by atoms with van der Waals surface area (Å²) in [6.07, 6.45) is 8.12. The number of methoxy groups -OCH3 is 1. The number of carbonyl (C=O) groups is 1. The highest BCUT2D eigenvalue weighted by Gasteiger charge is 2.35. The van der Waals surface area contributed by atoms with Crippen molar-refractivity contribution in [2.45, 2.75) is 146 Å². The van der Waals surface area contributed by atoms with E-state index in [1.807, 2.05) is 20.9 Å². The maximum atomic E-state index is 11.3. The third kappa shape index (κ3) is 39.3. The van der Waals surface area contributed by atoms with Gasteiger partial charge in [-0.3, -0.25) is 0 Å². The van der Waals surface area contributed by atoms with Crippen LogP contribution in [0.5, 0.6) is 0 Å². The molecule has 0 bridgehead atoms. The summed E-state index contributed by atoms with van der Waals surface area (Å²) in [6.45, 7) is 28.7. The number of sulfonamides is 2. The van der Waals surface area contributed by atoms with E-state index in [2.05, 4.69) is 88.7 Å². The zero-order chi connectivity index (χ0) is 37.5. The predicted molar refractivity (Wildman–Crippen MR) is 201 cm³/mol. The molecule has 1 aliphatic heterocycles. The van der Waals surface area contributed by atoms with Gasteiger partial charge in [0.1, 0.15) is 6.10 Å². The van der Waals surface area contributed by atoms with Crippen molar-refractivity contribution in [2.24, 2.45) is 17.8 Å². The summed E-state index contributed by atoms with van der Waals surface area (Å²) >= 11 is 0. The van der Waals surface area contributed by atoms with Crippen LogP contribution in [0.3, 0.4) is 0 Å². The largest absolute Gasteiger partial charge is 0.443 e. The summed E-state index contributed by atoms with van der Waals surface area (Å²) < 4.78 is 59.2. The fourth-order valence-electron chi connectivity index (χ4n) is 3.19. The Bertz CT molecular complexity index is 891. The number of hydrogen-bond acceptors (Lipinski definition) is 8. The molecule has 2 fully saturated rings. The second-order valence-corrected chi connectivity index (χ2v) is 17.0. The average Bonchev–Trinajstić information content (AvgIpc) is 3.74. The maximum Gasteiger partial charge on any atom is 0.410 e. The summed E-state index contributed by atoms with van der Waals surface area (Å²) in [7, 11) is -2.90. The molecule has 13 heteroatoms. The van der Waals surface area contributed by atoms with Gasteiger partial charge in [0.25, 0.3) is 0 Å². The van der Waals surface area contributed by atoms with Crippen molar-refractivity contribution < 1.29 is 31.1 Å². The number of rotatable bonds is 16. The Hall–Kier alpha value is -0.990. The first-order chi connectivity index (χ1) is 21.9. The lowest BCUT2D eigenvalue weighted by atomic mass is 10.1. The number of cyclic esters (lactones) is 1. The van der Waals surface area contributed by atoms with Crippen LogP contribution in [0.4, 0.5) is 4.79 Å². The van der Waals surface area contributed by atoms with Gasteiger partial charge in [0.2, 0.25) is 20.0 Å². The van der Waals surface area contributed by atoms with Crippen LogP contribution in [0, 0.1) is 17.8 Å². The van der Waals surface area contributed by atoms with E-state index in [1.54, 1.807) is 4.90 Å². The molecule has 1 saturated carbocycles. The van der Waals surface area contributed by atoms with E-state index in [0.29, 0.717) is 30.8 Å². The minimum atomic E-state index is -3.20. The SMILES string of the molecule is CC(C)CCNS(=O)(=O)C1CC1.CCC.CCC.CCC.CNC[C@@H]1CN(CCC(C)C)C(=O)O1.COCS(=O)(=O)NCCC(C)C. The first kappa shape index (κ1) is 52.8. The van der Waals surface area contributed by atoms with Gasteiger partial charge in [0.05, 0.1) is 11.8 Å². The minimum Gasteiger partial charge on any atom is -0.443 e. The van der Waals surface area contributed by atoms with Crippen molar-refractivity contribution in [3.63, 3.8) is 0 Å². The number of carbonyl (C=O) groups excluding carboxylic acids is 1. The number of amides is 1. The van der Waals surface area contributed by atoms with Crippen molar-refractivity contribution in [3.8, 4) is 0 Å². The number of likely N-dealkylation sites (N-methyl/N-ethyl adjacent to an activating group) is 1. The van der Waals surface area contributed by atoms with E-state index >= 15 is 0 Å². The van der Waals surface area contributed by atoms with Crippen LogP contribution in [-0.4, -0.2) is 92.0 Å². The Morgan fingerprint density at radius 3 is 1.57 bits per heavy atom. The van der Waals surface area contributed by atoms with Crippen LogP contribution in [0.1, 0.15) is 134 Å². The molecular weight excluding hydrogens is 641 g/mol. The van der Waals surface area contributed by atoms with E-state index in [0.717, 1.165) is 51.7 Å². The molecule has 0 aromatic rings. The van der Waals surface area contributed by atoms with Gasteiger partial charge in [-0.15, -0.1) is 0 Å². The fourth-order valence-corrected chi connectivity index (χ4v) is 5.41. The molecular formula is C34H78N4O7S2. The number of hydrogen-bond donors (Lipinski definition) is 3. The second kappa shape index (κ2) is 33.5. The van der Waals surface area contributed by atoms with Crippen LogP contribution in [0.15, 0.2) is 0 Å². The second-order valence-electron chi connectivity index (χ2n) is 13.2. The van der Waals surface area contributed by atoms with E-state index in [9.17, 15) is 21.6 Å². The predicted octanol–water partition coefficient (Wildman–Crippen LogP) is 6.99. The third-order valence-electron chi connectivity index (χ3n) is 5.66. The van der Waals surface area contributed by atoms with Crippen LogP contribution in [0.2, 0.25) is 0 Å². The van der Waals surface area contributed by atoms with E-state index in [1.165, 1.54) is 26.4 Å². The van der Waals surface area contributed by atoms with Gasteiger partial charge in [0, 0.05) is 33.3 Å². The Labute approximate surface area is 292 Å². The summed E-state index contributed by atoms with van der Waals surface area (Å²) in [5, 5.41) is 2.93. The summed E-state index contributed by atoms with van der Waals surface area (Å²) in [5.41, 5.74) is 0. The molecule has 11 nitrogen and oxygen atoms in total. The summed E-state index contributed by atoms with van der Waals surface area (Å²) in [6, 6.07) is 0. The van der Waals surface area contributed by atoms with Gasteiger partial charge in [-0.25, -0.2) is 31.1 Å². The minimum absolute atomic E-state index is 0.0275. The van der Waals surface area contributed by atoms with Crippen molar-refractivity contribution in [3.05, 3.63) is 0 Å². The monoisotopic (exact) mass is 719 g/mol. The van der Waals surface area contributed by atoms with Crippen molar-refractivity contribution in [1.82, 2.24) is 19.7 Å². The number of ether oxygens (including phenoxy) is 2. The molecule has 0 radical (unpaired) electrons. The van der Waals surface area contributed by atoms with E-state index in [-0.39, 0.29) is 23.4 Å². The molecule has 1 saturated heterocycles. The van der Waals surface area contributed by atoms with Gasteiger partial charge in [-0.2, -0.15) is 0 Å². The van der Waals surface area contributed by atoms with Crippen LogP contribution >= 0.6 is 0 Å². The first-order valence-corrected chi connectivity index (χ1v) is 21.1. The molecule has 1 aliphatic carbocycles. The quantitative estimate of drug-likeness (QED) is 0.155. The van der Waals surface area contributed by atoms with Gasteiger partial charge in [-0.05, 0) is 56.9 Å². The lowest BCUT2D eigenvalue weighted by molar-refractivity contribution is 0.132. The maximum absolute atomic E-state index is 11.3. The topological polar surface area (TPSA) is 143 Å². The summed E-state index contributed by atoms with van der Waals surface area (Å²) in [4.78, 5) is 13.1. The number of nitrogens with zero attached hydrogens (tertiary/aromatic N) is 1. The highest BCUT2D eigenvalue weighted by Crippen LogP contribution is 2.27. The van der Waals surface area contributed by atoms with Gasteiger partial charge in [0.15, 0.2) is 5.94 Å². The highest BCUT2D eigenvalue weighted by atomic mass is 32.2. The molecule has 2 rings (SSSR count). The van der Waals surface area contributed by atoms with Crippen LogP contribution < -0.4 is 14.8 Å². The highest BCUT2D eigenvalue weighted by molar-refractivity contribution is 7.90. The van der Waals surface area contributed by atoms with Crippen LogP contribution in [-0.2, 0) is 29.5 Å². The van der Waals surface area contributed by atoms with E-state index < -0.39 is 20.0 Å². The lowest BCUT2D eigenvalue weighted by Gasteiger charge is -2.13. The molecule has 47 heavy (non-hydrogen) atoms. The van der Waals surface area contributed by atoms with Gasteiger partial charge >= 0.3 is 6.09 Å². The molecule has 1 amide bonds. The molecule has 1 atom stereocenters. The Morgan fingerprint density at radius 2 is 1.21 bits per heavy atom. The van der Waals surface area contributed by atoms with Crippen molar-refractivity contribution in [2.75, 3.05) is 52.8 Å².